The fourth-order valence-corrected chi connectivity index (χ4v) is 3.35. The molecule has 0 radical (unpaired) electrons. The molecule has 1 unspecified atom stereocenters. The number of benzene rings is 1. The van der Waals surface area contributed by atoms with Crippen LogP contribution in [0.1, 0.15) is 22.5 Å². The molecule has 2 aromatic rings. The zero-order valence-electron chi connectivity index (χ0n) is 13.7. The van der Waals surface area contributed by atoms with Gasteiger partial charge in [0.05, 0.1) is 5.02 Å². The summed E-state index contributed by atoms with van der Waals surface area (Å²) in [5.74, 6) is 0.326. The van der Waals surface area contributed by atoms with Crippen molar-refractivity contribution in [2.75, 3.05) is 26.7 Å². The molecule has 0 spiro atoms. The van der Waals surface area contributed by atoms with Gasteiger partial charge < -0.3 is 4.90 Å². The van der Waals surface area contributed by atoms with Crippen molar-refractivity contribution in [2.45, 2.75) is 13.0 Å². The van der Waals surface area contributed by atoms with E-state index in [4.69, 9.17) is 11.6 Å². The van der Waals surface area contributed by atoms with Gasteiger partial charge in [0.1, 0.15) is 12.0 Å². The number of halogens is 1. The molecule has 0 N–H and O–H groups in total. The second-order valence-corrected chi connectivity index (χ2v) is 6.69. The summed E-state index contributed by atoms with van der Waals surface area (Å²) in [4.78, 5) is 24.4. The molecule has 1 aliphatic heterocycles. The molecule has 24 heavy (non-hydrogen) atoms. The lowest BCUT2D eigenvalue weighted by molar-refractivity contribution is 0.0767. The third-order valence-corrected chi connectivity index (χ3v) is 4.64. The first kappa shape index (κ1) is 16.9. The highest BCUT2D eigenvalue weighted by Crippen LogP contribution is 2.21. The van der Waals surface area contributed by atoms with Gasteiger partial charge in [-0.2, -0.15) is 0 Å². The molecular formula is C18H21ClN4O. The molecule has 126 valence electrons. The Labute approximate surface area is 147 Å². The Morgan fingerprint density at radius 2 is 2.17 bits per heavy atom. The summed E-state index contributed by atoms with van der Waals surface area (Å²) in [7, 11) is 1.81. The summed E-state index contributed by atoms with van der Waals surface area (Å²) in [6, 6.07) is 10.5. The zero-order valence-corrected chi connectivity index (χ0v) is 14.5. The van der Waals surface area contributed by atoms with Crippen LogP contribution in [0.3, 0.4) is 0 Å². The van der Waals surface area contributed by atoms with Crippen molar-refractivity contribution in [3.63, 3.8) is 0 Å². The lowest BCUT2D eigenvalue weighted by Gasteiger charge is -2.22. The standard InChI is InChI=1S/C18H21ClN4O/c1-22(18(24)17-16(19)9-20-13-21-17)10-15-7-8-23(12-15)11-14-5-3-2-4-6-14/h2-6,9,13,15H,7-8,10-12H2,1H3. The highest BCUT2D eigenvalue weighted by atomic mass is 35.5. The van der Waals surface area contributed by atoms with E-state index in [0.717, 1.165) is 26.1 Å². The van der Waals surface area contributed by atoms with Gasteiger partial charge in [-0.05, 0) is 24.4 Å². The van der Waals surface area contributed by atoms with Crippen LogP contribution in [-0.4, -0.2) is 52.4 Å². The molecule has 1 aliphatic rings. The number of hydrogen-bond acceptors (Lipinski definition) is 4. The number of carbonyl (C=O) groups is 1. The average molecular weight is 345 g/mol. The van der Waals surface area contributed by atoms with E-state index in [1.54, 1.807) is 11.9 Å². The van der Waals surface area contributed by atoms with E-state index >= 15 is 0 Å². The van der Waals surface area contributed by atoms with Crippen LogP contribution in [0.5, 0.6) is 0 Å². The summed E-state index contributed by atoms with van der Waals surface area (Å²) in [6.45, 7) is 3.75. The number of rotatable bonds is 5. The molecule has 1 fully saturated rings. The third kappa shape index (κ3) is 4.10. The molecule has 1 atom stereocenters. The van der Waals surface area contributed by atoms with Gasteiger partial charge in [-0.1, -0.05) is 41.9 Å². The Bertz CT molecular complexity index is 694. The number of likely N-dealkylation sites (tertiary alicyclic amines) is 1. The third-order valence-electron chi connectivity index (χ3n) is 4.37. The van der Waals surface area contributed by atoms with Crippen molar-refractivity contribution >= 4 is 17.5 Å². The van der Waals surface area contributed by atoms with Crippen molar-refractivity contribution in [2.24, 2.45) is 5.92 Å². The van der Waals surface area contributed by atoms with Crippen LogP contribution in [0.15, 0.2) is 42.9 Å². The summed E-state index contributed by atoms with van der Waals surface area (Å²) in [6.07, 6.45) is 3.90. The van der Waals surface area contributed by atoms with Crippen LogP contribution in [0.25, 0.3) is 0 Å². The van der Waals surface area contributed by atoms with Crippen LogP contribution in [-0.2, 0) is 6.54 Å². The maximum Gasteiger partial charge on any atom is 0.273 e. The minimum Gasteiger partial charge on any atom is -0.340 e. The predicted octanol–water partition coefficient (Wildman–Crippen LogP) is 2.72. The molecule has 1 amide bonds. The molecule has 1 saturated heterocycles. The van der Waals surface area contributed by atoms with Gasteiger partial charge in [-0.15, -0.1) is 0 Å². The summed E-state index contributed by atoms with van der Waals surface area (Å²) in [5, 5.41) is 0.298. The van der Waals surface area contributed by atoms with E-state index in [1.165, 1.54) is 18.1 Å². The summed E-state index contributed by atoms with van der Waals surface area (Å²) >= 11 is 6.01. The quantitative estimate of drug-likeness (QED) is 0.836. The minimum atomic E-state index is -0.149. The number of carbonyl (C=O) groups excluding carboxylic acids is 1. The Kier molecular flexibility index (Phi) is 5.43. The smallest absolute Gasteiger partial charge is 0.273 e. The van der Waals surface area contributed by atoms with Gasteiger partial charge in [0, 0.05) is 32.9 Å². The van der Waals surface area contributed by atoms with Crippen LogP contribution in [0.2, 0.25) is 5.02 Å². The normalized spacial score (nSPS) is 17.8. The number of aromatic nitrogens is 2. The molecule has 0 aliphatic carbocycles. The van der Waals surface area contributed by atoms with Gasteiger partial charge in [-0.25, -0.2) is 9.97 Å². The summed E-state index contributed by atoms with van der Waals surface area (Å²) < 4.78 is 0. The maximum atomic E-state index is 12.5. The fourth-order valence-electron chi connectivity index (χ4n) is 3.17. The Hall–Kier alpha value is -1.98. The Morgan fingerprint density at radius 1 is 1.38 bits per heavy atom. The van der Waals surface area contributed by atoms with E-state index in [2.05, 4.69) is 39.1 Å². The number of nitrogens with zero attached hydrogens (tertiary/aromatic N) is 4. The van der Waals surface area contributed by atoms with Crippen molar-refractivity contribution in [1.82, 2.24) is 19.8 Å². The molecule has 3 rings (SSSR count). The Balaban J connectivity index is 1.53. The first-order valence-electron chi connectivity index (χ1n) is 8.10. The van der Waals surface area contributed by atoms with E-state index in [9.17, 15) is 4.79 Å². The highest BCUT2D eigenvalue weighted by molar-refractivity contribution is 6.33. The van der Waals surface area contributed by atoms with Crippen LogP contribution < -0.4 is 0 Å². The van der Waals surface area contributed by atoms with Gasteiger partial charge in [0.15, 0.2) is 0 Å². The minimum absolute atomic E-state index is 0.149. The van der Waals surface area contributed by atoms with Crippen LogP contribution in [0.4, 0.5) is 0 Å². The molecule has 1 aromatic carbocycles. The second-order valence-electron chi connectivity index (χ2n) is 6.28. The first-order chi connectivity index (χ1) is 11.6. The van der Waals surface area contributed by atoms with Crippen LogP contribution in [0, 0.1) is 5.92 Å². The number of hydrogen-bond donors (Lipinski definition) is 0. The van der Waals surface area contributed by atoms with Gasteiger partial charge in [0.2, 0.25) is 0 Å². The average Bonchev–Trinajstić information content (AvgIpc) is 3.02. The van der Waals surface area contributed by atoms with E-state index in [0.29, 0.717) is 17.5 Å². The van der Waals surface area contributed by atoms with Crippen molar-refractivity contribution in [1.29, 1.82) is 0 Å². The topological polar surface area (TPSA) is 49.3 Å². The van der Waals surface area contributed by atoms with Crippen molar-refractivity contribution in [3.05, 3.63) is 59.1 Å². The van der Waals surface area contributed by atoms with E-state index in [-0.39, 0.29) is 11.6 Å². The van der Waals surface area contributed by atoms with Gasteiger partial charge >= 0.3 is 0 Å². The molecule has 6 heteroatoms. The lowest BCUT2D eigenvalue weighted by Crippen LogP contribution is -2.33. The molecule has 1 aromatic heterocycles. The maximum absolute atomic E-state index is 12.5. The van der Waals surface area contributed by atoms with Crippen molar-refractivity contribution < 1.29 is 4.79 Å². The monoisotopic (exact) mass is 344 g/mol. The second kappa shape index (κ2) is 7.73. The Morgan fingerprint density at radius 3 is 2.92 bits per heavy atom. The zero-order chi connectivity index (χ0) is 16.9. The van der Waals surface area contributed by atoms with Crippen molar-refractivity contribution in [3.8, 4) is 0 Å². The van der Waals surface area contributed by atoms with Gasteiger partial charge in [-0.3, -0.25) is 9.69 Å². The van der Waals surface area contributed by atoms with E-state index < -0.39 is 0 Å². The number of amides is 1. The predicted molar refractivity (Wildman–Crippen MR) is 93.8 cm³/mol. The molecule has 0 saturated carbocycles. The summed E-state index contributed by atoms with van der Waals surface area (Å²) in [5.41, 5.74) is 1.60. The molecule has 0 bridgehead atoms. The largest absolute Gasteiger partial charge is 0.340 e. The highest BCUT2D eigenvalue weighted by Gasteiger charge is 2.26. The SMILES string of the molecule is CN(CC1CCN(Cc2ccccc2)C1)C(=O)c1ncncc1Cl. The lowest BCUT2D eigenvalue weighted by atomic mass is 10.1. The molecule has 5 nitrogen and oxygen atoms in total. The van der Waals surface area contributed by atoms with E-state index in [1.807, 2.05) is 6.07 Å². The van der Waals surface area contributed by atoms with Gasteiger partial charge in [0.25, 0.3) is 5.91 Å². The molecule has 2 heterocycles. The fraction of sp³-hybridized carbons (Fsp3) is 0.389. The van der Waals surface area contributed by atoms with Crippen LogP contribution >= 0.6 is 11.6 Å². The molecular weight excluding hydrogens is 324 g/mol. The first-order valence-corrected chi connectivity index (χ1v) is 8.48.